The highest BCUT2D eigenvalue weighted by molar-refractivity contribution is 7.26. The highest BCUT2D eigenvalue weighted by atomic mass is 32.1. The predicted octanol–water partition coefficient (Wildman–Crippen LogP) is 16.8. The lowest BCUT2D eigenvalue weighted by Gasteiger charge is -2.26. The first-order chi connectivity index (χ1) is 30.2. The Kier molecular flexibility index (Phi) is 8.39. The van der Waals surface area contributed by atoms with Crippen LogP contribution in [0.4, 0.5) is 17.1 Å². The Bertz CT molecular complexity index is 3460. The third kappa shape index (κ3) is 6.01. The van der Waals surface area contributed by atoms with Gasteiger partial charge in [-0.2, -0.15) is 0 Å². The van der Waals surface area contributed by atoms with Crippen molar-refractivity contribution in [3.8, 4) is 39.1 Å². The van der Waals surface area contributed by atoms with Crippen LogP contribution in [-0.4, -0.2) is 4.57 Å². The topological polar surface area (TPSA) is 8.17 Å². The number of hydrogen-bond acceptors (Lipinski definition) is 2. The largest absolute Gasteiger partial charge is 0.311 e. The van der Waals surface area contributed by atoms with Crippen LogP contribution in [0.3, 0.4) is 0 Å². The van der Waals surface area contributed by atoms with E-state index in [0.717, 1.165) is 17.1 Å². The maximum absolute atomic E-state index is 2.50. The quantitative estimate of drug-likeness (QED) is 0.156. The Morgan fingerprint density at radius 3 is 1.51 bits per heavy atom. The minimum absolute atomic E-state index is 1.10. The van der Waals surface area contributed by atoms with Gasteiger partial charge in [0.2, 0.25) is 0 Å². The number of fused-ring (bicyclic) bond motifs is 8. The number of aromatic nitrogens is 1. The molecule has 2 nitrogen and oxygen atoms in total. The summed E-state index contributed by atoms with van der Waals surface area (Å²) >= 11 is 1.89. The number of anilines is 3. The van der Waals surface area contributed by atoms with Gasteiger partial charge in [-0.1, -0.05) is 164 Å². The molecule has 0 saturated carbocycles. The maximum atomic E-state index is 2.50. The van der Waals surface area contributed by atoms with Gasteiger partial charge in [0, 0.05) is 59.3 Å². The number of benzene rings is 10. The summed E-state index contributed by atoms with van der Waals surface area (Å²) in [7, 11) is 0. The molecule has 61 heavy (non-hydrogen) atoms. The van der Waals surface area contributed by atoms with Gasteiger partial charge in [0.05, 0.1) is 11.0 Å². The van der Waals surface area contributed by atoms with E-state index in [4.69, 9.17) is 0 Å². The molecule has 12 aromatic rings. The van der Waals surface area contributed by atoms with E-state index in [1.165, 1.54) is 91.8 Å². The maximum Gasteiger partial charge on any atom is 0.0634 e. The van der Waals surface area contributed by atoms with Crippen molar-refractivity contribution in [3.63, 3.8) is 0 Å². The van der Waals surface area contributed by atoms with Gasteiger partial charge in [-0.15, -0.1) is 11.3 Å². The van der Waals surface area contributed by atoms with Crippen molar-refractivity contribution in [3.05, 3.63) is 231 Å². The molecule has 2 aromatic heterocycles. The Balaban J connectivity index is 1.03. The Morgan fingerprint density at radius 1 is 0.361 bits per heavy atom. The molecule has 0 amide bonds. The van der Waals surface area contributed by atoms with Crippen LogP contribution in [0.2, 0.25) is 0 Å². The van der Waals surface area contributed by atoms with E-state index in [1.807, 2.05) is 11.3 Å². The third-order valence-electron chi connectivity index (χ3n) is 12.2. The monoisotopic (exact) mass is 794 g/mol. The zero-order valence-corrected chi connectivity index (χ0v) is 34.1. The van der Waals surface area contributed by atoms with Crippen molar-refractivity contribution < 1.29 is 0 Å². The average molecular weight is 795 g/mol. The van der Waals surface area contributed by atoms with Crippen LogP contribution in [0.5, 0.6) is 0 Å². The van der Waals surface area contributed by atoms with Crippen LogP contribution in [0, 0.1) is 0 Å². The molecule has 10 aromatic carbocycles. The summed E-state index contributed by atoms with van der Waals surface area (Å²) in [5, 5.41) is 7.60. The van der Waals surface area contributed by atoms with Crippen molar-refractivity contribution in [2.24, 2.45) is 0 Å². The number of hydrogen-bond donors (Lipinski definition) is 0. The summed E-state index contributed by atoms with van der Waals surface area (Å²) in [6.07, 6.45) is 0. The summed E-state index contributed by atoms with van der Waals surface area (Å²) in [5.74, 6) is 0. The minimum Gasteiger partial charge on any atom is -0.311 e. The van der Waals surface area contributed by atoms with E-state index >= 15 is 0 Å². The van der Waals surface area contributed by atoms with Crippen LogP contribution >= 0.6 is 11.3 Å². The highest BCUT2D eigenvalue weighted by Crippen LogP contribution is 2.48. The zero-order valence-electron chi connectivity index (χ0n) is 33.2. The lowest BCUT2D eigenvalue weighted by atomic mass is 9.98. The fourth-order valence-electron chi connectivity index (χ4n) is 9.24. The second-order valence-electron chi connectivity index (χ2n) is 15.7. The molecule has 0 N–H and O–H groups in total. The van der Waals surface area contributed by atoms with Gasteiger partial charge in [-0.25, -0.2) is 0 Å². The van der Waals surface area contributed by atoms with Gasteiger partial charge < -0.3 is 9.47 Å². The van der Waals surface area contributed by atoms with Crippen LogP contribution in [0.15, 0.2) is 231 Å². The van der Waals surface area contributed by atoms with Gasteiger partial charge in [0.25, 0.3) is 0 Å². The lowest BCUT2D eigenvalue weighted by Crippen LogP contribution is -2.09. The highest BCUT2D eigenvalue weighted by Gasteiger charge is 2.22. The van der Waals surface area contributed by atoms with Gasteiger partial charge in [0.15, 0.2) is 0 Å². The first-order valence-electron chi connectivity index (χ1n) is 20.8. The molecule has 286 valence electrons. The third-order valence-corrected chi connectivity index (χ3v) is 13.4. The van der Waals surface area contributed by atoms with Gasteiger partial charge in [-0.3, -0.25) is 0 Å². The molecule has 0 aliphatic carbocycles. The smallest absolute Gasteiger partial charge is 0.0634 e. The molecule has 0 fully saturated rings. The lowest BCUT2D eigenvalue weighted by molar-refractivity contribution is 1.19. The minimum atomic E-state index is 1.10. The predicted molar refractivity (Wildman–Crippen MR) is 262 cm³/mol. The molecule has 12 rings (SSSR count). The average Bonchev–Trinajstić information content (AvgIpc) is 3.89. The summed E-state index contributed by atoms with van der Waals surface area (Å²) in [6.45, 7) is 0. The number of rotatable bonds is 7. The van der Waals surface area contributed by atoms with Gasteiger partial charge >= 0.3 is 0 Å². The van der Waals surface area contributed by atoms with E-state index < -0.39 is 0 Å². The summed E-state index contributed by atoms with van der Waals surface area (Å²) in [5.41, 5.74) is 14.2. The molecule has 0 saturated heterocycles. The number of nitrogens with zero attached hydrogens (tertiary/aromatic N) is 2. The summed E-state index contributed by atoms with van der Waals surface area (Å²) in [4.78, 5) is 2.36. The van der Waals surface area contributed by atoms with Crippen molar-refractivity contribution in [1.29, 1.82) is 0 Å². The van der Waals surface area contributed by atoms with E-state index in [2.05, 4.69) is 240 Å². The molecule has 0 atom stereocenters. The fraction of sp³-hybridized carbons (Fsp3) is 0. The molecule has 0 aliphatic heterocycles. The second-order valence-corrected chi connectivity index (χ2v) is 16.8. The zero-order chi connectivity index (χ0) is 40.3. The van der Waals surface area contributed by atoms with Gasteiger partial charge in [-0.05, 0) is 105 Å². The SMILES string of the molecule is c1ccc(-c2ccc(N(c3ccc(-c4ccccc4)cc3)c3ccc(-c4cc5c6ccccc6n(-c6ccc7ccccc7c6)c5c5c4sc4ccccc45)cc3)cc2)cc1. The summed E-state index contributed by atoms with van der Waals surface area (Å²) < 4.78 is 5.09. The molecule has 3 heteroatoms. The van der Waals surface area contributed by atoms with E-state index in [1.54, 1.807) is 0 Å². The number of thiophene rings is 1. The molecular weight excluding hydrogens is 757 g/mol. The second kappa shape index (κ2) is 14.5. The summed E-state index contributed by atoms with van der Waals surface area (Å²) in [6, 6.07) is 84.0. The van der Waals surface area contributed by atoms with E-state index in [0.29, 0.717) is 0 Å². The first-order valence-corrected chi connectivity index (χ1v) is 21.6. The van der Waals surface area contributed by atoms with Crippen LogP contribution in [0.25, 0.3) is 91.8 Å². The molecular formula is C58H38N2S. The van der Waals surface area contributed by atoms with Crippen molar-refractivity contribution in [2.45, 2.75) is 0 Å². The Labute approximate surface area is 358 Å². The molecule has 0 spiro atoms. The molecule has 0 radical (unpaired) electrons. The number of para-hydroxylation sites is 1. The Morgan fingerprint density at radius 2 is 0.869 bits per heavy atom. The molecule has 2 heterocycles. The molecule has 0 aliphatic rings. The fourth-order valence-corrected chi connectivity index (χ4v) is 10.5. The van der Waals surface area contributed by atoms with Crippen LogP contribution in [0.1, 0.15) is 0 Å². The first kappa shape index (κ1) is 35.2. The van der Waals surface area contributed by atoms with Gasteiger partial charge in [0.1, 0.15) is 0 Å². The van der Waals surface area contributed by atoms with Crippen molar-refractivity contribution in [1.82, 2.24) is 4.57 Å². The van der Waals surface area contributed by atoms with Crippen molar-refractivity contribution >= 4 is 81.1 Å². The Hall–Kier alpha value is -7.72. The van der Waals surface area contributed by atoms with E-state index in [9.17, 15) is 0 Å². The normalized spacial score (nSPS) is 11.6. The van der Waals surface area contributed by atoms with Crippen LogP contribution in [-0.2, 0) is 0 Å². The van der Waals surface area contributed by atoms with Crippen molar-refractivity contribution in [2.75, 3.05) is 4.90 Å². The van der Waals surface area contributed by atoms with Crippen LogP contribution < -0.4 is 4.90 Å². The molecule has 0 unspecified atom stereocenters. The van der Waals surface area contributed by atoms with E-state index in [-0.39, 0.29) is 0 Å². The molecule has 0 bridgehead atoms. The standard InChI is InChI=1S/C58H38N2S/c1-3-13-39(14-4-1)42-23-30-46(31-24-42)59(47-32-25-43(26-33-47)40-15-5-2-6-16-40)48-34-28-44(29-35-48)52-38-53-50-19-9-11-21-54(50)60(49-36-27-41-17-7-8-18-45(41)37-49)57(53)56-51-20-10-12-22-55(51)61-58(52)56/h1-38H.